The molecule has 1 aliphatic carbocycles. The lowest BCUT2D eigenvalue weighted by atomic mass is 9.82. The molecular weight excluding hydrogens is 391 g/mol. The Bertz CT molecular complexity index is 923. The standard InChI is InChI=1S/C26H33FN2O2/c27-24-8-5-6-18-10-12-20(16-23(18)24)25(29)15-14-19-11-13-21(17-28)22(19)7-3-1-2-4-9-26(30)31/h5-6,8,10,12,16,19,21-22,25H,1-4,7,9,11,13-15,29H2,(H,30,31)/t19-,21-,22-,25?/m1/s1. The monoisotopic (exact) mass is 424 g/mol. The van der Waals surface area contributed by atoms with Crippen LogP contribution in [0.15, 0.2) is 36.4 Å². The third-order valence-electron chi connectivity index (χ3n) is 6.94. The van der Waals surface area contributed by atoms with Crippen molar-refractivity contribution in [3.8, 4) is 6.07 Å². The van der Waals surface area contributed by atoms with Crippen LogP contribution in [0.2, 0.25) is 0 Å². The smallest absolute Gasteiger partial charge is 0.303 e. The van der Waals surface area contributed by atoms with Gasteiger partial charge in [0.15, 0.2) is 0 Å². The topological polar surface area (TPSA) is 87.1 Å². The second-order valence-electron chi connectivity index (χ2n) is 8.99. The molecule has 31 heavy (non-hydrogen) atoms. The molecule has 1 aliphatic rings. The summed E-state index contributed by atoms with van der Waals surface area (Å²) < 4.78 is 14.1. The number of nitriles is 1. The average Bonchev–Trinajstić information content (AvgIpc) is 3.16. The molecule has 0 heterocycles. The van der Waals surface area contributed by atoms with E-state index in [0.717, 1.165) is 68.7 Å². The van der Waals surface area contributed by atoms with E-state index in [1.54, 1.807) is 6.07 Å². The molecule has 1 fully saturated rings. The second-order valence-corrected chi connectivity index (χ2v) is 8.99. The predicted octanol–water partition coefficient (Wildman–Crippen LogP) is 6.35. The van der Waals surface area contributed by atoms with Crippen LogP contribution in [0.25, 0.3) is 10.8 Å². The van der Waals surface area contributed by atoms with E-state index in [4.69, 9.17) is 10.8 Å². The van der Waals surface area contributed by atoms with E-state index in [9.17, 15) is 14.4 Å². The number of hydrogen-bond donors (Lipinski definition) is 2. The number of nitrogens with two attached hydrogens (primary N) is 1. The number of fused-ring (bicyclic) bond motifs is 1. The fraction of sp³-hybridized carbons (Fsp3) is 0.538. The number of carboxylic acids is 1. The first kappa shape index (κ1) is 23.2. The first-order valence-corrected chi connectivity index (χ1v) is 11.5. The summed E-state index contributed by atoms with van der Waals surface area (Å²) in [5, 5.41) is 19.8. The van der Waals surface area contributed by atoms with E-state index >= 15 is 0 Å². The maximum absolute atomic E-state index is 14.1. The van der Waals surface area contributed by atoms with Gasteiger partial charge < -0.3 is 10.8 Å². The van der Waals surface area contributed by atoms with Gasteiger partial charge in [-0.05, 0) is 73.4 Å². The molecule has 2 aromatic carbocycles. The van der Waals surface area contributed by atoms with Gasteiger partial charge in [0, 0.05) is 23.8 Å². The zero-order valence-corrected chi connectivity index (χ0v) is 18.1. The van der Waals surface area contributed by atoms with E-state index in [0.29, 0.717) is 17.2 Å². The maximum Gasteiger partial charge on any atom is 0.303 e. The Hall–Kier alpha value is -2.45. The lowest BCUT2D eigenvalue weighted by Crippen LogP contribution is -2.17. The minimum absolute atomic E-state index is 0.120. The van der Waals surface area contributed by atoms with Crippen molar-refractivity contribution in [2.45, 2.75) is 70.3 Å². The highest BCUT2D eigenvalue weighted by atomic mass is 19.1. The van der Waals surface area contributed by atoms with E-state index in [2.05, 4.69) is 6.07 Å². The van der Waals surface area contributed by atoms with Crippen LogP contribution in [0.5, 0.6) is 0 Å². The first-order valence-electron chi connectivity index (χ1n) is 11.5. The fourth-order valence-corrected chi connectivity index (χ4v) is 5.16. The molecule has 4 atom stereocenters. The van der Waals surface area contributed by atoms with Gasteiger partial charge in [0.05, 0.1) is 6.07 Å². The van der Waals surface area contributed by atoms with E-state index in [1.807, 2.05) is 24.3 Å². The molecule has 1 saturated carbocycles. The average molecular weight is 425 g/mol. The van der Waals surface area contributed by atoms with Crippen molar-refractivity contribution in [1.29, 1.82) is 5.26 Å². The molecule has 3 rings (SSSR count). The normalized spacial score (nSPS) is 21.8. The Labute approximate surface area is 184 Å². The van der Waals surface area contributed by atoms with Crippen molar-refractivity contribution in [1.82, 2.24) is 0 Å². The molecule has 0 radical (unpaired) electrons. The minimum Gasteiger partial charge on any atom is -0.481 e. The number of halogens is 1. The largest absolute Gasteiger partial charge is 0.481 e. The van der Waals surface area contributed by atoms with Gasteiger partial charge in [-0.15, -0.1) is 0 Å². The van der Waals surface area contributed by atoms with Crippen LogP contribution < -0.4 is 5.73 Å². The maximum atomic E-state index is 14.1. The first-order chi connectivity index (χ1) is 15.0. The van der Waals surface area contributed by atoms with Crippen LogP contribution in [0.3, 0.4) is 0 Å². The zero-order valence-electron chi connectivity index (χ0n) is 18.1. The van der Waals surface area contributed by atoms with Gasteiger partial charge in [0.2, 0.25) is 0 Å². The lowest BCUT2D eigenvalue weighted by Gasteiger charge is -2.23. The molecule has 0 aliphatic heterocycles. The predicted molar refractivity (Wildman–Crippen MR) is 121 cm³/mol. The van der Waals surface area contributed by atoms with Crippen molar-refractivity contribution in [3.05, 3.63) is 47.8 Å². The molecule has 3 N–H and O–H groups in total. The number of hydrogen-bond acceptors (Lipinski definition) is 3. The Kier molecular flexibility index (Phi) is 8.43. The number of rotatable bonds is 11. The van der Waals surface area contributed by atoms with Crippen molar-refractivity contribution in [2.24, 2.45) is 23.5 Å². The summed E-state index contributed by atoms with van der Waals surface area (Å²) >= 11 is 0. The number of unbranched alkanes of at least 4 members (excludes halogenated alkanes) is 3. The van der Waals surface area contributed by atoms with Gasteiger partial charge in [-0.1, -0.05) is 43.5 Å². The summed E-state index contributed by atoms with van der Waals surface area (Å²) in [6, 6.07) is 13.3. The van der Waals surface area contributed by atoms with Gasteiger partial charge in [-0.25, -0.2) is 4.39 Å². The lowest BCUT2D eigenvalue weighted by molar-refractivity contribution is -0.137. The van der Waals surface area contributed by atoms with Gasteiger partial charge in [-0.3, -0.25) is 4.79 Å². The zero-order chi connectivity index (χ0) is 22.2. The van der Waals surface area contributed by atoms with Crippen molar-refractivity contribution in [3.63, 3.8) is 0 Å². The summed E-state index contributed by atoms with van der Waals surface area (Å²) in [6.07, 6.45) is 8.86. The Balaban J connectivity index is 1.52. The summed E-state index contributed by atoms with van der Waals surface area (Å²) in [6.45, 7) is 0. The third-order valence-corrected chi connectivity index (χ3v) is 6.94. The van der Waals surface area contributed by atoms with Crippen LogP contribution in [0.1, 0.15) is 75.8 Å². The molecule has 4 nitrogen and oxygen atoms in total. The molecule has 1 unspecified atom stereocenters. The van der Waals surface area contributed by atoms with E-state index in [-0.39, 0.29) is 24.2 Å². The second kappa shape index (κ2) is 11.2. The van der Waals surface area contributed by atoms with Crippen molar-refractivity contribution >= 4 is 16.7 Å². The van der Waals surface area contributed by atoms with Crippen molar-refractivity contribution < 1.29 is 14.3 Å². The van der Waals surface area contributed by atoms with Gasteiger partial charge in [0.1, 0.15) is 5.82 Å². The van der Waals surface area contributed by atoms with Crippen LogP contribution in [0, 0.1) is 34.9 Å². The minimum atomic E-state index is -0.731. The number of carboxylic acid groups (broad SMARTS) is 1. The van der Waals surface area contributed by atoms with Crippen molar-refractivity contribution in [2.75, 3.05) is 0 Å². The molecule has 5 heteroatoms. The molecule has 166 valence electrons. The number of aliphatic carboxylic acids is 1. The van der Waals surface area contributed by atoms with E-state index < -0.39 is 5.97 Å². The summed E-state index contributed by atoms with van der Waals surface area (Å²) in [4.78, 5) is 10.6. The molecular formula is C26H33FN2O2. The molecule has 0 saturated heterocycles. The number of carbonyl (C=O) groups is 1. The molecule has 0 bridgehead atoms. The summed E-state index contributed by atoms with van der Waals surface area (Å²) in [5.74, 6) is 0.0844. The third kappa shape index (κ3) is 6.27. The van der Waals surface area contributed by atoms with Gasteiger partial charge in [0.25, 0.3) is 0 Å². The van der Waals surface area contributed by atoms with Gasteiger partial charge in [-0.2, -0.15) is 5.26 Å². The SMILES string of the molecule is N#C[C@H]1CC[C@H](CCC(N)c2ccc3cccc(F)c3c2)[C@H]1CCCCCCC(=O)O. The number of benzene rings is 2. The van der Waals surface area contributed by atoms with E-state index in [1.165, 1.54) is 6.07 Å². The highest BCUT2D eigenvalue weighted by Gasteiger charge is 2.35. The summed E-state index contributed by atoms with van der Waals surface area (Å²) in [7, 11) is 0. The Morgan fingerprint density at radius 3 is 2.74 bits per heavy atom. The summed E-state index contributed by atoms with van der Waals surface area (Å²) in [5.41, 5.74) is 7.43. The quantitative estimate of drug-likeness (QED) is 0.411. The molecule has 0 amide bonds. The van der Waals surface area contributed by atoms with Gasteiger partial charge >= 0.3 is 5.97 Å². The molecule has 0 spiro atoms. The molecule has 2 aromatic rings. The highest BCUT2D eigenvalue weighted by molar-refractivity contribution is 5.83. The van der Waals surface area contributed by atoms with Crippen LogP contribution in [0.4, 0.5) is 4.39 Å². The van der Waals surface area contributed by atoms with Crippen LogP contribution in [-0.2, 0) is 4.79 Å². The fourth-order valence-electron chi connectivity index (χ4n) is 5.16. The molecule has 0 aromatic heterocycles. The Morgan fingerprint density at radius 1 is 1.16 bits per heavy atom. The number of nitrogens with zero attached hydrogens (tertiary/aromatic N) is 1. The van der Waals surface area contributed by atoms with Crippen LogP contribution >= 0.6 is 0 Å². The Morgan fingerprint density at radius 2 is 1.97 bits per heavy atom. The highest BCUT2D eigenvalue weighted by Crippen LogP contribution is 2.43. The van der Waals surface area contributed by atoms with Crippen LogP contribution in [-0.4, -0.2) is 11.1 Å².